The lowest BCUT2D eigenvalue weighted by Gasteiger charge is -2.14. The van der Waals surface area contributed by atoms with Crippen LogP contribution in [0.2, 0.25) is 0 Å². The maximum atomic E-state index is 8.62. The van der Waals surface area contributed by atoms with Crippen LogP contribution in [0, 0.1) is 5.41 Å². The van der Waals surface area contributed by atoms with E-state index in [1.54, 1.807) is 0 Å². The van der Waals surface area contributed by atoms with E-state index < -0.39 is 0 Å². The lowest BCUT2D eigenvalue weighted by atomic mass is 9.98. The van der Waals surface area contributed by atoms with Crippen molar-refractivity contribution >= 4 is 33.2 Å². The first-order valence-electron chi connectivity index (χ1n) is 14.1. The molecule has 5 heteroatoms. The fraction of sp³-hybridized carbons (Fsp3) is 0. The molecule has 6 aromatic carbocycles. The number of amidine groups is 2. The summed E-state index contributed by atoms with van der Waals surface area (Å²) in [6, 6.07) is 48.3. The third kappa shape index (κ3) is 5.16. The number of aromatic nitrogens is 2. The Morgan fingerprint density at radius 2 is 1.16 bits per heavy atom. The molecule has 0 saturated carbocycles. The Hall–Kier alpha value is -5.94. The summed E-state index contributed by atoms with van der Waals surface area (Å²) in [4.78, 5) is 14.8. The largest absolute Gasteiger partial charge is 0.383 e. The van der Waals surface area contributed by atoms with Gasteiger partial charge in [0.15, 0.2) is 11.7 Å². The van der Waals surface area contributed by atoms with Gasteiger partial charge in [0.1, 0.15) is 5.84 Å². The van der Waals surface area contributed by atoms with Gasteiger partial charge in [-0.1, -0.05) is 127 Å². The molecule has 0 aliphatic carbocycles. The third-order valence-electron chi connectivity index (χ3n) is 7.54. The average molecular weight is 554 g/mol. The van der Waals surface area contributed by atoms with E-state index in [1.807, 2.05) is 91.0 Å². The number of nitrogens with zero attached hydrogens (tertiary/aromatic N) is 3. The molecule has 0 radical (unpaired) electrons. The maximum absolute atomic E-state index is 8.62. The molecule has 204 valence electrons. The van der Waals surface area contributed by atoms with Crippen molar-refractivity contribution in [3.05, 3.63) is 157 Å². The lowest BCUT2D eigenvalue weighted by molar-refractivity contribution is 1.18. The van der Waals surface area contributed by atoms with Gasteiger partial charge in [0.25, 0.3) is 0 Å². The van der Waals surface area contributed by atoms with E-state index in [0.29, 0.717) is 17.0 Å². The molecular formula is C38H27N5. The van der Waals surface area contributed by atoms with E-state index in [2.05, 4.69) is 59.6 Å². The second-order valence-corrected chi connectivity index (χ2v) is 10.3. The molecule has 7 aromatic rings. The number of hydrogen-bond donors (Lipinski definition) is 2. The number of fused-ring (bicyclic) bond motifs is 2. The van der Waals surface area contributed by atoms with Crippen LogP contribution in [0.3, 0.4) is 0 Å². The van der Waals surface area contributed by atoms with Gasteiger partial charge in [0.2, 0.25) is 0 Å². The fourth-order valence-electron chi connectivity index (χ4n) is 5.39. The predicted molar refractivity (Wildman–Crippen MR) is 177 cm³/mol. The monoisotopic (exact) mass is 553 g/mol. The number of aliphatic imine (C=N–C) groups is 1. The fourth-order valence-corrected chi connectivity index (χ4v) is 5.39. The number of nitrogens with two attached hydrogens (primary N) is 1. The van der Waals surface area contributed by atoms with E-state index in [-0.39, 0.29) is 11.7 Å². The maximum Gasteiger partial charge on any atom is 0.161 e. The molecule has 0 unspecified atom stereocenters. The number of benzene rings is 6. The van der Waals surface area contributed by atoms with Crippen molar-refractivity contribution < 1.29 is 0 Å². The van der Waals surface area contributed by atoms with Crippen molar-refractivity contribution in [3.8, 4) is 33.9 Å². The second kappa shape index (κ2) is 11.1. The van der Waals surface area contributed by atoms with Gasteiger partial charge in [-0.15, -0.1) is 0 Å². The minimum absolute atomic E-state index is 0.0904. The number of hydrogen-bond acceptors (Lipinski definition) is 3. The van der Waals surface area contributed by atoms with Crippen LogP contribution < -0.4 is 5.73 Å². The molecule has 0 saturated heterocycles. The highest BCUT2D eigenvalue weighted by molar-refractivity contribution is 6.13. The van der Waals surface area contributed by atoms with Crippen molar-refractivity contribution in [3.63, 3.8) is 0 Å². The molecule has 0 bridgehead atoms. The molecule has 5 nitrogen and oxygen atoms in total. The van der Waals surface area contributed by atoms with Gasteiger partial charge in [0.05, 0.1) is 11.4 Å². The number of rotatable bonds is 5. The summed E-state index contributed by atoms with van der Waals surface area (Å²) in [6.07, 6.45) is 0. The van der Waals surface area contributed by atoms with Crippen LogP contribution in [-0.2, 0) is 0 Å². The van der Waals surface area contributed by atoms with Crippen molar-refractivity contribution in [2.45, 2.75) is 0 Å². The van der Waals surface area contributed by atoms with Gasteiger partial charge < -0.3 is 5.73 Å². The molecule has 1 aromatic heterocycles. The van der Waals surface area contributed by atoms with Crippen LogP contribution in [0.15, 0.2) is 151 Å². The van der Waals surface area contributed by atoms with Crippen LogP contribution in [0.4, 0.5) is 0 Å². The summed E-state index contributed by atoms with van der Waals surface area (Å²) in [5.74, 6) is 0.858. The zero-order chi connectivity index (χ0) is 29.2. The van der Waals surface area contributed by atoms with E-state index in [1.165, 1.54) is 0 Å². The molecular weight excluding hydrogens is 526 g/mol. The first kappa shape index (κ1) is 26.0. The standard InChI is InChI=1S/C38H27N5/c39-36(27-15-5-2-6-16-27)43-37(40)32-22-28-17-7-8-18-29(28)23-33(32)38-41-34(26-13-3-1-4-14-26)24-35(42-38)31-21-11-19-25-12-9-10-20-30(25)31/h1-24H,(H3,39,40,43). The third-order valence-corrected chi connectivity index (χ3v) is 7.54. The Bertz CT molecular complexity index is 2150. The highest BCUT2D eigenvalue weighted by Gasteiger charge is 2.18. The van der Waals surface area contributed by atoms with Gasteiger partial charge in [-0.2, -0.15) is 0 Å². The van der Waals surface area contributed by atoms with Gasteiger partial charge in [-0.25, -0.2) is 15.0 Å². The smallest absolute Gasteiger partial charge is 0.161 e. The van der Waals surface area contributed by atoms with Crippen LogP contribution in [0.5, 0.6) is 0 Å². The van der Waals surface area contributed by atoms with Crippen molar-refractivity contribution in [1.82, 2.24) is 9.97 Å². The normalized spacial score (nSPS) is 11.6. The molecule has 0 aliphatic rings. The first-order chi connectivity index (χ1) is 21.1. The molecule has 0 spiro atoms. The second-order valence-electron chi connectivity index (χ2n) is 10.3. The number of nitrogens with one attached hydrogen (secondary N) is 1. The molecule has 1 heterocycles. The summed E-state index contributed by atoms with van der Waals surface area (Å²) in [6.45, 7) is 0. The van der Waals surface area contributed by atoms with E-state index >= 15 is 0 Å². The van der Waals surface area contributed by atoms with Crippen LogP contribution >= 0.6 is 0 Å². The quantitative estimate of drug-likeness (QED) is 0.165. The molecule has 3 N–H and O–H groups in total. The van der Waals surface area contributed by atoms with Crippen molar-refractivity contribution in [2.24, 2.45) is 10.7 Å². The zero-order valence-corrected chi connectivity index (χ0v) is 23.3. The first-order valence-corrected chi connectivity index (χ1v) is 14.1. The topological polar surface area (TPSA) is 88.0 Å². The average Bonchev–Trinajstić information content (AvgIpc) is 3.08. The lowest BCUT2D eigenvalue weighted by Crippen LogP contribution is -2.17. The Morgan fingerprint density at radius 3 is 1.93 bits per heavy atom. The molecule has 0 aliphatic heterocycles. The van der Waals surface area contributed by atoms with Crippen LogP contribution in [0.1, 0.15) is 11.1 Å². The van der Waals surface area contributed by atoms with Gasteiger partial charge in [-0.3, -0.25) is 5.41 Å². The van der Waals surface area contributed by atoms with E-state index in [4.69, 9.17) is 21.1 Å². The van der Waals surface area contributed by atoms with Crippen LogP contribution in [-0.4, -0.2) is 21.6 Å². The molecule has 0 amide bonds. The van der Waals surface area contributed by atoms with Crippen molar-refractivity contribution in [1.29, 1.82) is 5.41 Å². The summed E-state index contributed by atoms with van der Waals surface area (Å²) in [5, 5.41) is 12.9. The molecule has 0 atom stereocenters. The van der Waals surface area contributed by atoms with E-state index in [9.17, 15) is 0 Å². The summed E-state index contributed by atoms with van der Waals surface area (Å²) in [5.41, 5.74) is 12.4. The SMILES string of the molecule is N=C(/N=C(\N)c1cc2ccccc2cc1-c1nc(-c2ccccc2)cc(-c2cccc3ccccc23)n1)c1ccccc1. The summed E-state index contributed by atoms with van der Waals surface area (Å²) in [7, 11) is 0. The summed E-state index contributed by atoms with van der Waals surface area (Å²) < 4.78 is 0. The Balaban J connectivity index is 1.48. The van der Waals surface area contributed by atoms with Crippen LogP contribution in [0.25, 0.3) is 55.4 Å². The minimum Gasteiger partial charge on any atom is -0.383 e. The molecule has 0 fully saturated rings. The van der Waals surface area contributed by atoms with Gasteiger partial charge >= 0.3 is 0 Å². The summed E-state index contributed by atoms with van der Waals surface area (Å²) >= 11 is 0. The zero-order valence-electron chi connectivity index (χ0n) is 23.3. The van der Waals surface area contributed by atoms with Crippen molar-refractivity contribution in [2.75, 3.05) is 0 Å². The van der Waals surface area contributed by atoms with Gasteiger partial charge in [-0.05, 0) is 39.7 Å². The Morgan fingerprint density at radius 1 is 0.558 bits per heavy atom. The van der Waals surface area contributed by atoms with Gasteiger partial charge in [0, 0.05) is 27.8 Å². The molecule has 43 heavy (non-hydrogen) atoms. The highest BCUT2D eigenvalue weighted by atomic mass is 14.9. The highest BCUT2D eigenvalue weighted by Crippen LogP contribution is 2.34. The Kier molecular flexibility index (Phi) is 6.74. The Labute approximate surface area is 249 Å². The minimum atomic E-state index is 0.0904. The molecule has 7 rings (SSSR count). The van der Waals surface area contributed by atoms with E-state index in [0.717, 1.165) is 49.6 Å². The predicted octanol–water partition coefficient (Wildman–Crippen LogP) is 8.51.